The van der Waals surface area contributed by atoms with Crippen molar-refractivity contribution in [3.8, 4) is 0 Å². The Bertz CT molecular complexity index is 1360. The summed E-state index contributed by atoms with van der Waals surface area (Å²) in [7, 11) is 0. The molecule has 0 saturated carbocycles. The van der Waals surface area contributed by atoms with Crippen LogP contribution in [0.15, 0.2) is 64.5 Å². The molecule has 170 valence electrons. The number of amides is 1. The van der Waals surface area contributed by atoms with Crippen molar-refractivity contribution in [1.29, 1.82) is 0 Å². The van der Waals surface area contributed by atoms with Gasteiger partial charge in [0.2, 0.25) is 5.91 Å². The number of nitrogens with one attached hydrogen (secondary N) is 1. The standard InChI is InChI=1S/C25H27N5O2S/c1-17-9-4-6-11-21(17)26-23(31)16-33-25-27-22-12-7-5-10-20(22)24(32)29(25)13-8-14-30-19(3)15-18(2)28-30/h4-7,9-12,15H,8,13-14,16H2,1-3H3,(H,26,31). The van der Waals surface area contributed by atoms with E-state index >= 15 is 0 Å². The zero-order chi connectivity index (χ0) is 23.4. The largest absolute Gasteiger partial charge is 0.325 e. The molecule has 2 aromatic carbocycles. The first-order valence-corrected chi connectivity index (χ1v) is 11.9. The minimum Gasteiger partial charge on any atom is -0.325 e. The number of fused-ring (bicyclic) bond motifs is 1. The molecule has 8 heteroatoms. The molecular formula is C25H27N5O2S. The zero-order valence-electron chi connectivity index (χ0n) is 19.0. The molecule has 2 aromatic heterocycles. The van der Waals surface area contributed by atoms with Gasteiger partial charge in [-0.2, -0.15) is 5.10 Å². The van der Waals surface area contributed by atoms with E-state index in [0.717, 1.165) is 29.1 Å². The van der Waals surface area contributed by atoms with Gasteiger partial charge in [0.05, 0.1) is 22.3 Å². The van der Waals surface area contributed by atoms with E-state index in [1.807, 2.05) is 74.0 Å². The molecule has 4 rings (SSSR count). The van der Waals surface area contributed by atoms with E-state index in [1.54, 1.807) is 10.6 Å². The highest BCUT2D eigenvalue weighted by molar-refractivity contribution is 7.99. The lowest BCUT2D eigenvalue weighted by atomic mass is 10.2. The van der Waals surface area contributed by atoms with E-state index in [2.05, 4.69) is 10.4 Å². The summed E-state index contributed by atoms with van der Waals surface area (Å²) in [5, 5.41) is 8.57. The Kier molecular flexibility index (Phi) is 6.93. The molecule has 0 unspecified atom stereocenters. The molecule has 7 nitrogen and oxygen atoms in total. The number of para-hydroxylation sites is 2. The van der Waals surface area contributed by atoms with Gasteiger partial charge in [-0.25, -0.2) is 4.98 Å². The molecule has 0 aliphatic carbocycles. The first kappa shape index (κ1) is 22.8. The Morgan fingerprint density at radius 2 is 1.79 bits per heavy atom. The summed E-state index contributed by atoms with van der Waals surface area (Å²) in [4.78, 5) is 30.5. The highest BCUT2D eigenvalue weighted by atomic mass is 32.2. The predicted octanol–water partition coefficient (Wildman–Crippen LogP) is 4.34. The summed E-state index contributed by atoms with van der Waals surface area (Å²) in [5.74, 6) is 0.0298. The van der Waals surface area contributed by atoms with Crippen molar-refractivity contribution < 1.29 is 4.79 Å². The third-order valence-electron chi connectivity index (χ3n) is 5.43. The fourth-order valence-electron chi connectivity index (χ4n) is 3.76. The van der Waals surface area contributed by atoms with Crippen molar-refractivity contribution in [2.75, 3.05) is 11.1 Å². The summed E-state index contributed by atoms with van der Waals surface area (Å²) < 4.78 is 3.64. The molecule has 1 amide bonds. The molecule has 0 aliphatic heterocycles. The summed E-state index contributed by atoms with van der Waals surface area (Å²) in [6.45, 7) is 7.15. The van der Waals surface area contributed by atoms with Gasteiger partial charge in [-0.15, -0.1) is 0 Å². The second-order valence-corrected chi connectivity index (χ2v) is 8.97. The van der Waals surface area contributed by atoms with E-state index in [1.165, 1.54) is 11.8 Å². The molecular weight excluding hydrogens is 434 g/mol. The molecule has 0 bridgehead atoms. The van der Waals surface area contributed by atoms with Crippen molar-refractivity contribution in [3.63, 3.8) is 0 Å². The van der Waals surface area contributed by atoms with Crippen molar-refractivity contribution in [2.45, 2.75) is 45.4 Å². The third-order valence-corrected chi connectivity index (χ3v) is 6.41. The highest BCUT2D eigenvalue weighted by Gasteiger charge is 2.14. The number of benzene rings is 2. The van der Waals surface area contributed by atoms with Crippen LogP contribution < -0.4 is 10.9 Å². The van der Waals surface area contributed by atoms with Crippen LogP contribution in [0, 0.1) is 20.8 Å². The third kappa shape index (κ3) is 5.34. The molecule has 0 atom stereocenters. The van der Waals surface area contributed by atoms with Gasteiger partial charge in [-0.3, -0.25) is 18.8 Å². The van der Waals surface area contributed by atoms with E-state index < -0.39 is 0 Å². The number of hydrogen-bond acceptors (Lipinski definition) is 5. The average Bonchev–Trinajstić information content (AvgIpc) is 3.12. The Morgan fingerprint density at radius 3 is 2.55 bits per heavy atom. The number of anilines is 1. The number of nitrogens with zero attached hydrogens (tertiary/aromatic N) is 4. The molecule has 0 aliphatic rings. The number of carbonyl (C=O) groups is 1. The second-order valence-electron chi connectivity index (χ2n) is 8.02. The van der Waals surface area contributed by atoms with Crippen LogP contribution in [0.4, 0.5) is 5.69 Å². The second kappa shape index (κ2) is 10.0. The smallest absolute Gasteiger partial charge is 0.262 e. The molecule has 33 heavy (non-hydrogen) atoms. The van der Waals surface area contributed by atoms with Crippen LogP contribution in [-0.4, -0.2) is 31.0 Å². The number of aromatic nitrogens is 4. The lowest BCUT2D eigenvalue weighted by Crippen LogP contribution is -2.25. The van der Waals surface area contributed by atoms with Crippen LogP contribution in [0.1, 0.15) is 23.4 Å². The topological polar surface area (TPSA) is 81.8 Å². The van der Waals surface area contributed by atoms with Gasteiger partial charge < -0.3 is 5.32 Å². The van der Waals surface area contributed by atoms with E-state index in [4.69, 9.17) is 4.98 Å². The predicted molar refractivity (Wildman–Crippen MR) is 133 cm³/mol. The summed E-state index contributed by atoms with van der Waals surface area (Å²) in [6, 6.07) is 17.0. The van der Waals surface area contributed by atoms with Gasteiger partial charge in [-0.1, -0.05) is 42.1 Å². The maximum absolute atomic E-state index is 13.2. The van der Waals surface area contributed by atoms with Gasteiger partial charge in [0.15, 0.2) is 5.16 Å². The lowest BCUT2D eigenvalue weighted by Gasteiger charge is -2.14. The molecule has 0 radical (unpaired) electrons. The number of aryl methyl sites for hydroxylation is 4. The van der Waals surface area contributed by atoms with E-state index in [9.17, 15) is 9.59 Å². The molecule has 4 aromatic rings. The van der Waals surface area contributed by atoms with Crippen molar-refractivity contribution in [3.05, 3.63) is 81.9 Å². The molecule has 0 saturated heterocycles. The van der Waals surface area contributed by atoms with Crippen molar-refractivity contribution in [1.82, 2.24) is 19.3 Å². The first-order chi connectivity index (χ1) is 15.9. The van der Waals surface area contributed by atoms with Crippen LogP contribution in [0.25, 0.3) is 10.9 Å². The molecule has 0 spiro atoms. The Balaban J connectivity index is 1.53. The maximum atomic E-state index is 13.2. The van der Waals surface area contributed by atoms with Gasteiger partial charge in [0.25, 0.3) is 5.56 Å². The van der Waals surface area contributed by atoms with E-state index in [-0.39, 0.29) is 17.2 Å². The first-order valence-electron chi connectivity index (χ1n) is 10.9. The quantitative estimate of drug-likeness (QED) is 0.312. The zero-order valence-corrected chi connectivity index (χ0v) is 19.9. The average molecular weight is 462 g/mol. The van der Waals surface area contributed by atoms with Gasteiger partial charge in [0, 0.05) is 24.5 Å². The SMILES string of the molecule is Cc1cc(C)n(CCCn2c(SCC(=O)Nc3ccccc3C)nc3ccccc3c2=O)n1. The normalized spacial score (nSPS) is 11.1. The van der Waals surface area contributed by atoms with Crippen LogP contribution >= 0.6 is 11.8 Å². The minimum absolute atomic E-state index is 0.0872. The number of carbonyl (C=O) groups excluding carboxylic acids is 1. The number of hydrogen-bond donors (Lipinski definition) is 1. The highest BCUT2D eigenvalue weighted by Crippen LogP contribution is 2.20. The van der Waals surface area contributed by atoms with Gasteiger partial charge in [-0.05, 0) is 57.0 Å². The Hall–Kier alpha value is -3.39. The van der Waals surface area contributed by atoms with E-state index in [0.29, 0.717) is 29.1 Å². The molecule has 1 N–H and O–H groups in total. The van der Waals surface area contributed by atoms with Gasteiger partial charge in [0.1, 0.15) is 0 Å². The summed E-state index contributed by atoms with van der Waals surface area (Å²) in [5.41, 5.74) is 4.42. The fraction of sp³-hybridized carbons (Fsp3) is 0.280. The van der Waals surface area contributed by atoms with Gasteiger partial charge >= 0.3 is 0 Å². The summed E-state index contributed by atoms with van der Waals surface area (Å²) in [6.07, 6.45) is 0.727. The maximum Gasteiger partial charge on any atom is 0.262 e. The Morgan fingerprint density at radius 1 is 1.03 bits per heavy atom. The number of thioether (sulfide) groups is 1. The van der Waals surface area contributed by atoms with Crippen LogP contribution in [0.2, 0.25) is 0 Å². The van der Waals surface area contributed by atoms with Crippen LogP contribution in [-0.2, 0) is 17.9 Å². The van der Waals surface area contributed by atoms with Crippen molar-refractivity contribution >= 4 is 34.3 Å². The Labute approximate surface area is 196 Å². The lowest BCUT2D eigenvalue weighted by molar-refractivity contribution is -0.113. The monoisotopic (exact) mass is 461 g/mol. The summed E-state index contributed by atoms with van der Waals surface area (Å²) >= 11 is 1.28. The minimum atomic E-state index is -0.133. The fourth-order valence-corrected chi connectivity index (χ4v) is 4.59. The van der Waals surface area contributed by atoms with Crippen LogP contribution in [0.5, 0.6) is 0 Å². The van der Waals surface area contributed by atoms with Crippen LogP contribution in [0.3, 0.4) is 0 Å². The molecule has 2 heterocycles. The molecule has 0 fully saturated rings. The van der Waals surface area contributed by atoms with Crippen molar-refractivity contribution in [2.24, 2.45) is 0 Å². The number of rotatable bonds is 8.